The topological polar surface area (TPSA) is 66.6 Å². The van der Waals surface area contributed by atoms with E-state index in [1.165, 1.54) is 0 Å². The van der Waals surface area contributed by atoms with Crippen LogP contribution in [0.1, 0.15) is 29.6 Å². The van der Waals surface area contributed by atoms with Crippen LogP contribution in [0.15, 0.2) is 18.2 Å². The summed E-state index contributed by atoms with van der Waals surface area (Å²) in [6, 6.07) is 5.11. The summed E-state index contributed by atoms with van der Waals surface area (Å²) in [5.74, 6) is -0.122. The number of carbonyl (C=O) groups is 1. The molecule has 18 heavy (non-hydrogen) atoms. The fraction of sp³-hybridized carbons (Fsp3) is 0.462. The van der Waals surface area contributed by atoms with Crippen LogP contribution < -0.4 is 5.73 Å². The lowest BCUT2D eigenvalue weighted by atomic mass is 9.91. The average Bonchev–Trinajstić information content (AvgIpc) is 2.25. The number of carbonyl (C=O) groups excluding carboxylic acids is 1. The minimum absolute atomic E-state index is 0.0320. The summed E-state index contributed by atoms with van der Waals surface area (Å²) in [6.45, 7) is 0.321. The van der Waals surface area contributed by atoms with Gasteiger partial charge in [-0.2, -0.15) is 0 Å². The molecule has 0 heterocycles. The number of aliphatic hydroxyl groups excluding tert-OH is 1. The van der Waals surface area contributed by atoms with Crippen LogP contribution in [0.25, 0.3) is 0 Å². The highest BCUT2D eigenvalue weighted by Crippen LogP contribution is 2.27. The predicted molar refractivity (Wildman–Crippen MR) is 71.6 cm³/mol. The monoisotopic (exact) mass is 268 g/mol. The lowest BCUT2D eigenvalue weighted by Crippen LogP contribution is -2.45. The molecule has 4 nitrogen and oxygen atoms in total. The number of hydrogen-bond acceptors (Lipinski definition) is 3. The highest BCUT2D eigenvalue weighted by Gasteiger charge is 2.29. The molecule has 98 valence electrons. The Morgan fingerprint density at radius 2 is 2.22 bits per heavy atom. The molecule has 0 aliphatic heterocycles. The van der Waals surface area contributed by atoms with Crippen LogP contribution in [0.2, 0.25) is 5.02 Å². The van der Waals surface area contributed by atoms with Gasteiger partial charge in [-0.15, -0.1) is 0 Å². The second-order valence-corrected chi connectivity index (χ2v) is 4.97. The van der Waals surface area contributed by atoms with Gasteiger partial charge in [-0.1, -0.05) is 11.6 Å². The maximum Gasteiger partial charge on any atom is 0.256 e. The smallest absolute Gasteiger partial charge is 0.256 e. The van der Waals surface area contributed by atoms with Crippen molar-refractivity contribution >= 4 is 23.2 Å². The van der Waals surface area contributed by atoms with E-state index in [9.17, 15) is 4.79 Å². The van der Waals surface area contributed by atoms with E-state index in [2.05, 4.69) is 0 Å². The summed E-state index contributed by atoms with van der Waals surface area (Å²) in [4.78, 5) is 14.1. The van der Waals surface area contributed by atoms with Gasteiger partial charge in [0, 0.05) is 23.3 Å². The quantitative estimate of drug-likeness (QED) is 0.820. The van der Waals surface area contributed by atoms with Gasteiger partial charge in [0.2, 0.25) is 0 Å². The van der Waals surface area contributed by atoms with Crippen LogP contribution in [0.3, 0.4) is 0 Å². The Balaban J connectivity index is 2.21. The van der Waals surface area contributed by atoms with E-state index in [1.54, 1.807) is 23.1 Å². The zero-order valence-electron chi connectivity index (χ0n) is 10.1. The van der Waals surface area contributed by atoms with Crippen molar-refractivity contribution in [1.29, 1.82) is 0 Å². The fourth-order valence-corrected chi connectivity index (χ4v) is 2.32. The summed E-state index contributed by atoms with van der Waals surface area (Å²) in [5.41, 5.74) is 6.66. The first-order valence-corrected chi connectivity index (χ1v) is 6.48. The first-order valence-electron chi connectivity index (χ1n) is 6.10. The number of amides is 1. The third kappa shape index (κ3) is 2.60. The van der Waals surface area contributed by atoms with Crippen LogP contribution >= 0.6 is 11.6 Å². The van der Waals surface area contributed by atoms with E-state index in [1.807, 2.05) is 0 Å². The van der Waals surface area contributed by atoms with Crippen molar-refractivity contribution in [2.75, 3.05) is 18.9 Å². The van der Waals surface area contributed by atoms with Gasteiger partial charge in [-0.05, 0) is 37.5 Å². The standard InChI is InChI=1S/C13H17ClN2O2/c14-9-4-5-11(12(15)8-9)13(18)16(6-7-17)10-2-1-3-10/h4-5,8,10,17H,1-3,6-7,15H2. The van der Waals surface area contributed by atoms with Crippen molar-refractivity contribution in [2.24, 2.45) is 0 Å². The summed E-state index contributed by atoms with van der Waals surface area (Å²) >= 11 is 5.82. The largest absolute Gasteiger partial charge is 0.398 e. The molecule has 0 unspecified atom stereocenters. The summed E-state index contributed by atoms with van der Waals surface area (Å²) in [5, 5.41) is 9.58. The van der Waals surface area contributed by atoms with Crippen molar-refractivity contribution < 1.29 is 9.90 Å². The molecule has 1 saturated carbocycles. The van der Waals surface area contributed by atoms with Gasteiger partial charge in [0.15, 0.2) is 0 Å². The Hall–Kier alpha value is -1.26. The van der Waals surface area contributed by atoms with Gasteiger partial charge in [0.25, 0.3) is 5.91 Å². The second kappa shape index (κ2) is 5.59. The lowest BCUT2D eigenvalue weighted by Gasteiger charge is -2.37. The second-order valence-electron chi connectivity index (χ2n) is 4.54. The van der Waals surface area contributed by atoms with E-state index >= 15 is 0 Å². The van der Waals surface area contributed by atoms with Gasteiger partial charge in [-0.3, -0.25) is 4.79 Å². The van der Waals surface area contributed by atoms with E-state index in [0.29, 0.717) is 22.8 Å². The fourth-order valence-electron chi connectivity index (χ4n) is 2.14. The first kappa shape index (κ1) is 13.2. The number of anilines is 1. The third-order valence-corrected chi connectivity index (χ3v) is 3.60. The summed E-state index contributed by atoms with van der Waals surface area (Å²) in [6.07, 6.45) is 3.13. The summed E-state index contributed by atoms with van der Waals surface area (Å²) < 4.78 is 0. The Bertz CT molecular complexity index is 447. The Labute approximate surface area is 111 Å². The minimum Gasteiger partial charge on any atom is -0.398 e. The Morgan fingerprint density at radius 1 is 1.50 bits per heavy atom. The zero-order valence-corrected chi connectivity index (χ0v) is 10.9. The molecule has 1 fully saturated rings. The van der Waals surface area contributed by atoms with Crippen LogP contribution in [-0.4, -0.2) is 35.1 Å². The van der Waals surface area contributed by atoms with Crippen molar-refractivity contribution in [3.05, 3.63) is 28.8 Å². The molecular formula is C13H17ClN2O2. The van der Waals surface area contributed by atoms with Gasteiger partial charge in [0.05, 0.1) is 12.2 Å². The Morgan fingerprint density at radius 3 is 2.72 bits per heavy atom. The molecule has 1 amide bonds. The van der Waals surface area contributed by atoms with Crippen LogP contribution in [0.4, 0.5) is 5.69 Å². The number of nitrogen functional groups attached to an aromatic ring is 1. The predicted octanol–water partition coefficient (Wildman–Crippen LogP) is 1.91. The van der Waals surface area contributed by atoms with E-state index in [-0.39, 0.29) is 18.6 Å². The number of benzene rings is 1. The molecule has 0 aromatic heterocycles. The highest BCUT2D eigenvalue weighted by atomic mass is 35.5. The van der Waals surface area contributed by atoms with Gasteiger partial charge in [0.1, 0.15) is 0 Å². The normalized spacial score (nSPS) is 15.2. The van der Waals surface area contributed by atoms with Crippen LogP contribution in [-0.2, 0) is 0 Å². The maximum atomic E-state index is 12.4. The number of rotatable bonds is 4. The molecule has 0 saturated heterocycles. The number of hydrogen-bond donors (Lipinski definition) is 2. The molecule has 0 atom stereocenters. The van der Waals surface area contributed by atoms with E-state index < -0.39 is 0 Å². The molecule has 0 bridgehead atoms. The Kier molecular flexibility index (Phi) is 4.09. The number of halogens is 1. The van der Waals surface area contributed by atoms with Crippen molar-refractivity contribution in [3.63, 3.8) is 0 Å². The molecule has 2 rings (SSSR count). The van der Waals surface area contributed by atoms with E-state index in [4.69, 9.17) is 22.4 Å². The molecule has 1 aliphatic carbocycles. The first-order chi connectivity index (χ1) is 8.63. The number of nitrogens with zero attached hydrogens (tertiary/aromatic N) is 1. The zero-order chi connectivity index (χ0) is 13.1. The van der Waals surface area contributed by atoms with Crippen molar-refractivity contribution in [1.82, 2.24) is 4.90 Å². The molecule has 1 aromatic carbocycles. The molecule has 0 radical (unpaired) electrons. The lowest BCUT2D eigenvalue weighted by molar-refractivity contribution is 0.0527. The molecule has 0 spiro atoms. The third-order valence-electron chi connectivity index (χ3n) is 3.36. The molecule has 3 N–H and O–H groups in total. The molecule has 1 aromatic rings. The van der Waals surface area contributed by atoms with Crippen molar-refractivity contribution in [3.8, 4) is 0 Å². The van der Waals surface area contributed by atoms with Crippen molar-refractivity contribution in [2.45, 2.75) is 25.3 Å². The number of nitrogens with two attached hydrogens (primary N) is 1. The molecule has 1 aliphatic rings. The average molecular weight is 269 g/mol. The minimum atomic E-state index is -0.122. The SMILES string of the molecule is Nc1cc(Cl)ccc1C(=O)N(CCO)C1CCC1. The summed E-state index contributed by atoms with van der Waals surface area (Å²) in [7, 11) is 0. The van der Waals surface area contributed by atoms with E-state index in [0.717, 1.165) is 19.3 Å². The van der Waals surface area contributed by atoms with Gasteiger partial charge in [-0.25, -0.2) is 0 Å². The molecule has 5 heteroatoms. The molecular weight excluding hydrogens is 252 g/mol. The highest BCUT2D eigenvalue weighted by molar-refractivity contribution is 6.31. The van der Waals surface area contributed by atoms with Gasteiger partial charge < -0.3 is 15.7 Å². The van der Waals surface area contributed by atoms with Crippen LogP contribution in [0.5, 0.6) is 0 Å². The maximum absolute atomic E-state index is 12.4. The number of aliphatic hydroxyl groups is 1. The van der Waals surface area contributed by atoms with Gasteiger partial charge >= 0.3 is 0 Å². The van der Waals surface area contributed by atoms with Crippen LogP contribution in [0, 0.1) is 0 Å².